The van der Waals surface area contributed by atoms with Crippen molar-refractivity contribution in [2.75, 3.05) is 4.43 Å². The van der Waals surface area contributed by atoms with E-state index in [2.05, 4.69) is 50.3 Å². The van der Waals surface area contributed by atoms with Crippen molar-refractivity contribution < 1.29 is 4.43 Å². The van der Waals surface area contributed by atoms with E-state index in [1.807, 2.05) is 0 Å². The second kappa shape index (κ2) is 7.23. The van der Waals surface area contributed by atoms with Crippen LogP contribution in [0.4, 0.5) is 0 Å². The Morgan fingerprint density at radius 2 is 1.62 bits per heavy atom. The van der Waals surface area contributed by atoms with Crippen LogP contribution in [-0.2, 0) is 4.43 Å². The first-order valence-electron chi connectivity index (χ1n) is 5.37. The first kappa shape index (κ1) is 13.9. The van der Waals surface area contributed by atoms with E-state index in [1.165, 1.54) is 29.0 Å². The molecule has 13 heavy (non-hydrogen) atoms. The van der Waals surface area contributed by atoms with E-state index in [-0.39, 0.29) is 0 Å². The van der Waals surface area contributed by atoms with Crippen molar-refractivity contribution in [3.05, 3.63) is 0 Å². The number of hydrogen-bond donors (Lipinski definition) is 0. The molecular weight excluding hydrogens is 291 g/mol. The molecule has 0 bridgehead atoms. The summed E-state index contributed by atoms with van der Waals surface area (Å²) in [5.74, 6) is 0. The molecule has 3 heteroatoms. The van der Waals surface area contributed by atoms with Crippen molar-refractivity contribution in [1.29, 1.82) is 0 Å². The summed E-state index contributed by atoms with van der Waals surface area (Å²) in [5.41, 5.74) is 0. The molecule has 80 valence electrons. The van der Waals surface area contributed by atoms with Gasteiger partial charge >= 0.3 is 0 Å². The average molecular weight is 314 g/mol. The zero-order valence-electron chi connectivity index (χ0n) is 9.40. The smallest absolute Gasteiger partial charge is 0.192 e. The minimum absolute atomic E-state index is 0.475. The van der Waals surface area contributed by atoms with E-state index in [1.54, 1.807) is 0 Å². The highest BCUT2D eigenvalue weighted by molar-refractivity contribution is 14.1. The van der Waals surface area contributed by atoms with Gasteiger partial charge in [-0.25, -0.2) is 0 Å². The van der Waals surface area contributed by atoms with Crippen LogP contribution in [0.2, 0.25) is 18.1 Å². The molecule has 0 unspecified atom stereocenters. The molecule has 0 spiro atoms. The molecule has 0 aromatic carbocycles. The molecular formula is C10H23IOSi. The van der Waals surface area contributed by atoms with Crippen LogP contribution >= 0.6 is 22.6 Å². The maximum atomic E-state index is 6.26. The summed E-state index contributed by atoms with van der Waals surface area (Å²) in [6.45, 7) is 9.09. The van der Waals surface area contributed by atoms with Crippen LogP contribution in [0, 0.1) is 0 Å². The topological polar surface area (TPSA) is 9.23 Å². The fraction of sp³-hybridized carbons (Fsp3) is 1.00. The van der Waals surface area contributed by atoms with E-state index >= 15 is 0 Å². The van der Waals surface area contributed by atoms with Crippen LogP contribution < -0.4 is 0 Å². The van der Waals surface area contributed by atoms with Gasteiger partial charge in [0.2, 0.25) is 0 Å². The Bertz CT molecular complexity index is 118. The lowest BCUT2D eigenvalue weighted by atomic mass is 10.3. The third-order valence-electron chi connectivity index (χ3n) is 2.90. The maximum absolute atomic E-state index is 6.26. The summed E-state index contributed by atoms with van der Waals surface area (Å²) in [4.78, 5) is 0. The van der Waals surface area contributed by atoms with Crippen molar-refractivity contribution in [3.8, 4) is 0 Å². The zero-order valence-corrected chi connectivity index (χ0v) is 12.6. The van der Waals surface area contributed by atoms with Gasteiger partial charge in [0.15, 0.2) is 8.32 Å². The molecule has 1 nitrogen and oxygen atoms in total. The standard InChI is InChI=1S/C10H23IOSi/c1-5-13(6-2,7-3)12-10(4)8-9-11/h10H,5-9H2,1-4H3/t10-/m1/s1. The van der Waals surface area contributed by atoms with Crippen molar-refractivity contribution in [2.45, 2.75) is 58.4 Å². The fourth-order valence-electron chi connectivity index (χ4n) is 1.64. The third kappa shape index (κ3) is 4.79. The van der Waals surface area contributed by atoms with Crippen molar-refractivity contribution in [1.82, 2.24) is 0 Å². The van der Waals surface area contributed by atoms with Gasteiger partial charge in [0.05, 0.1) is 0 Å². The Morgan fingerprint density at radius 1 is 1.15 bits per heavy atom. The highest BCUT2D eigenvalue weighted by Crippen LogP contribution is 2.24. The molecule has 0 aliphatic heterocycles. The third-order valence-corrected chi connectivity index (χ3v) is 8.29. The van der Waals surface area contributed by atoms with Crippen LogP contribution in [0.25, 0.3) is 0 Å². The molecule has 0 N–H and O–H groups in total. The Labute approximate surface area is 97.9 Å². The van der Waals surface area contributed by atoms with Gasteiger partial charge in [0.1, 0.15) is 0 Å². The van der Waals surface area contributed by atoms with E-state index < -0.39 is 8.32 Å². The lowest BCUT2D eigenvalue weighted by Crippen LogP contribution is -2.39. The predicted octanol–water partition coefficient (Wildman–Crippen LogP) is 4.22. The number of rotatable bonds is 7. The second-order valence-electron chi connectivity index (χ2n) is 3.65. The zero-order chi connectivity index (χ0) is 10.3. The first-order valence-corrected chi connectivity index (χ1v) is 9.43. The largest absolute Gasteiger partial charge is 0.414 e. The minimum Gasteiger partial charge on any atom is -0.414 e. The molecule has 0 aromatic rings. The SMILES string of the molecule is CC[Si](CC)(CC)O[C@H](C)CCI. The van der Waals surface area contributed by atoms with Gasteiger partial charge in [-0.05, 0) is 31.5 Å². The van der Waals surface area contributed by atoms with Crippen LogP contribution in [0.3, 0.4) is 0 Å². The quantitative estimate of drug-likeness (QED) is 0.388. The monoisotopic (exact) mass is 314 g/mol. The van der Waals surface area contributed by atoms with E-state index in [0.717, 1.165) is 0 Å². The molecule has 0 radical (unpaired) electrons. The molecule has 0 heterocycles. The minimum atomic E-state index is -1.32. The van der Waals surface area contributed by atoms with Gasteiger partial charge in [-0.3, -0.25) is 0 Å². The summed E-state index contributed by atoms with van der Waals surface area (Å²) < 4.78 is 7.47. The van der Waals surface area contributed by atoms with Gasteiger partial charge < -0.3 is 4.43 Å². The lowest BCUT2D eigenvalue weighted by molar-refractivity contribution is 0.203. The Kier molecular flexibility index (Phi) is 7.74. The summed E-state index contributed by atoms with van der Waals surface area (Å²) >= 11 is 2.43. The van der Waals surface area contributed by atoms with Gasteiger partial charge in [0, 0.05) is 10.5 Å². The highest BCUT2D eigenvalue weighted by Gasteiger charge is 2.30. The Hall–Kier alpha value is 0.907. The molecule has 0 fully saturated rings. The molecule has 0 aliphatic carbocycles. The maximum Gasteiger partial charge on any atom is 0.192 e. The Morgan fingerprint density at radius 3 is 1.92 bits per heavy atom. The summed E-state index contributed by atoms with van der Waals surface area (Å²) in [6, 6.07) is 3.81. The molecule has 0 aliphatic rings. The van der Waals surface area contributed by atoms with Crippen LogP contribution in [0.15, 0.2) is 0 Å². The van der Waals surface area contributed by atoms with Crippen LogP contribution in [0.5, 0.6) is 0 Å². The number of halogens is 1. The molecule has 0 amide bonds. The fourth-order valence-corrected chi connectivity index (χ4v) is 5.49. The van der Waals surface area contributed by atoms with Crippen molar-refractivity contribution in [2.24, 2.45) is 0 Å². The molecule has 1 atom stereocenters. The van der Waals surface area contributed by atoms with Gasteiger partial charge in [0.25, 0.3) is 0 Å². The van der Waals surface area contributed by atoms with Gasteiger partial charge in [-0.15, -0.1) is 0 Å². The van der Waals surface area contributed by atoms with Crippen molar-refractivity contribution >= 4 is 30.9 Å². The van der Waals surface area contributed by atoms with Crippen LogP contribution in [-0.4, -0.2) is 18.8 Å². The number of hydrogen-bond acceptors (Lipinski definition) is 1. The lowest BCUT2D eigenvalue weighted by Gasteiger charge is -2.31. The molecule has 0 saturated heterocycles. The van der Waals surface area contributed by atoms with E-state index in [9.17, 15) is 0 Å². The first-order chi connectivity index (χ1) is 6.14. The average Bonchev–Trinajstić information content (AvgIpc) is 2.15. The summed E-state index contributed by atoms with van der Waals surface area (Å²) in [5, 5.41) is 0. The molecule has 0 saturated carbocycles. The van der Waals surface area contributed by atoms with Crippen LogP contribution in [0.1, 0.15) is 34.1 Å². The molecule has 0 aromatic heterocycles. The normalized spacial score (nSPS) is 14.5. The van der Waals surface area contributed by atoms with E-state index in [0.29, 0.717) is 6.10 Å². The van der Waals surface area contributed by atoms with Gasteiger partial charge in [-0.1, -0.05) is 43.4 Å². The molecule has 0 rings (SSSR count). The number of alkyl halides is 1. The predicted molar refractivity (Wildman–Crippen MR) is 71.2 cm³/mol. The summed E-state index contributed by atoms with van der Waals surface area (Å²) in [7, 11) is -1.32. The van der Waals surface area contributed by atoms with E-state index in [4.69, 9.17) is 4.43 Å². The van der Waals surface area contributed by atoms with Gasteiger partial charge in [-0.2, -0.15) is 0 Å². The van der Waals surface area contributed by atoms with Crippen molar-refractivity contribution in [3.63, 3.8) is 0 Å². The second-order valence-corrected chi connectivity index (χ2v) is 9.45. The highest BCUT2D eigenvalue weighted by atomic mass is 127. The Balaban J connectivity index is 4.07. The summed E-state index contributed by atoms with van der Waals surface area (Å²) in [6.07, 6.45) is 1.68.